The van der Waals surface area contributed by atoms with Crippen LogP contribution in [-0.4, -0.2) is 6.54 Å². The summed E-state index contributed by atoms with van der Waals surface area (Å²) in [7, 11) is 0. The third-order valence-electron chi connectivity index (χ3n) is 5.29. The Morgan fingerprint density at radius 3 is 2.40 bits per heavy atom. The molecule has 2 saturated carbocycles. The quantitative estimate of drug-likeness (QED) is 0.808. The summed E-state index contributed by atoms with van der Waals surface area (Å²) in [5.74, 6) is 3.83. The second-order valence-corrected chi connectivity index (χ2v) is 7.48. The van der Waals surface area contributed by atoms with Crippen LogP contribution >= 0.6 is 0 Å². The molecule has 1 N–H and O–H groups in total. The highest BCUT2D eigenvalue weighted by Gasteiger charge is 2.38. The molecule has 0 spiro atoms. The van der Waals surface area contributed by atoms with E-state index in [0.29, 0.717) is 0 Å². The van der Waals surface area contributed by atoms with Crippen molar-refractivity contribution < 1.29 is 0 Å². The molecule has 110 valence electrons. The molecule has 20 heavy (non-hydrogen) atoms. The van der Waals surface area contributed by atoms with Crippen LogP contribution in [0.25, 0.3) is 0 Å². The molecule has 2 aliphatic rings. The minimum absolute atomic E-state index is 0.747. The molecule has 0 heterocycles. The van der Waals surface area contributed by atoms with Crippen LogP contribution in [-0.2, 0) is 13.0 Å². The van der Waals surface area contributed by atoms with Crippen LogP contribution in [0.15, 0.2) is 24.3 Å². The topological polar surface area (TPSA) is 12.0 Å². The molecule has 1 aromatic rings. The van der Waals surface area contributed by atoms with E-state index in [1.54, 1.807) is 0 Å². The highest BCUT2D eigenvalue weighted by atomic mass is 14.9. The Hall–Kier alpha value is -0.820. The first-order valence-corrected chi connectivity index (χ1v) is 8.49. The van der Waals surface area contributed by atoms with Crippen molar-refractivity contribution in [2.75, 3.05) is 6.54 Å². The van der Waals surface area contributed by atoms with Crippen LogP contribution in [0.5, 0.6) is 0 Å². The van der Waals surface area contributed by atoms with E-state index in [1.165, 1.54) is 49.8 Å². The summed E-state index contributed by atoms with van der Waals surface area (Å²) in [5, 5.41) is 3.69. The molecule has 0 saturated heterocycles. The van der Waals surface area contributed by atoms with E-state index in [2.05, 4.69) is 43.4 Å². The van der Waals surface area contributed by atoms with Crippen LogP contribution < -0.4 is 5.32 Å². The lowest BCUT2D eigenvalue weighted by Crippen LogP contribution is -2.26. The number of nitrogens with one attached hydrogen (secondary N) is 1. The van der Waals surface area contributed by atoms with Crippen LogP contribution in [0.1, 0.15) is 50.7 Å². The van der Waals surface area contributed by atoms with Gasteiger partial charge in [0.2, 0.25) is 0 Å². The maximum atomic E-state index is 3.69. The van der Waals surface area contributed by atoms with Crippen molar-refractivity contribution in [2.24, 2.45) is 23.7 Å². The molecule has 0 aliphatic heterocycles. The van der Waals surface area contributed by atoms with Crippen LogP contribution in [0.2, 0.25) is 0 Å². The van der Waals surface area contributed by atoms with Gasteiger partial charge in [-0.3, -0.25) is 0 Å². The molecule has 1 aromatic carbocycles. The predicted molar refractivity (Wildman–Crippen MR) is 85.6 cm³/mol. The van der Waals surface area contributed by atoms with Gasteiger partial charge in [-0.05, 0) is 67.0 Å². The molecule has 3 unspecified atom stereocenters. The highest BCUT2D eigenvalue weighted by molar-refractivity contribution is 5.22. The second-order valence-electron chi connectivity index (χ2n) is 7.48. The first kappa shape index (κ1) is 14.1. The maximum absolute atomic E-state index is 3.69. The fourth-order valence-corrected chi connectivity index (χ4v) is 4.29. The lowest BCUT2D eigenvalue weighted by molar-refractivity contribution is 0.318. The molecule has 2 bridgehead atoms. The van der Waals surface area contributed by atoms with E-state index in [4.69, 9.17) is 0 Å². The molecular weight excluding hydrogens is 242 g/mol. The first-order valence-electron chi connectivity index (χ1n) is 8.49. The van der Waals surface area contributed by atoms with E-state index in [9.17, 15) is 0 Å². The van der Waals surface area contributed by atoms with E-state index < -0.39 is 0 Å². The van der Waals surface area contributed by atoms with E-state index in [0.717, 1.165) is 30.2 Å². The fraction of sp³-hybridized carbons (Fsp3) is 0.684. The minimum atomic E-state index is 0.747. The summed E-state index contributed by atoms with van der Waals surface area (Å²) < 4.78 is 0. The summed E-state index contributed by atoms with van der Waals surface area (Å²) in [6, 6.07) is 9.19. The number of rotatable bonds is 6. The van der Waals surface area contributed by atoms with Gasteiger partial charge in [0.1, 0.15) is 0 Å². The lowest BCUT2D eigenvalue weighted by atomic mass is 9.89. The molecule has 2 aliphatic carbocycles. The van der Waals surface area contributed by atoms with Gasteiger partial charge >= 0.3 is 0 Å². The third kappa shape index (κ3) is 3.44. The Morgan fingerprint density at radius 1 is 1.05 bits per heavy atom. The average molecular weight is 271 g/mol. The highest BCUT2D eigenvalue weighted by Crippen LogP contribution is 2.47. The van der Waals surface area contributed by atoms with Crippen molar-refractivity contribution in [1.29, 1.82) is 0 Å². The second kappa shape index (κ2) is 6.30. The molecular formula is C19H29N. The Balaban J connectivity index is 1.42. The third-order valence-corrected chi connectivity index (χ3v) is 5.29. The molecule has 0 aromatic heterocycles. The normalized spacial score (nSPS) is 28.4. The maximum Gasteiger partial charge on any atom is 0.0205 e. The predicted octanol–water partition coefficient (Wildman–Crippen LogP) is 4.41. The average Bonchev–Trinajstić information content (AvgIpc) is 3.02. The smallest absolute Gasteiger partial charge is 0.0205 e. The van der Waals surface area contributed by atoms with Crippen molar-refractivity contribution in [2.45, 2.75) is 52.5 Å². The summed E-state index contributed by atoms with van der Waals surface area (Å²) in [4.78, 5) is 0. The van der Waals surface area contributed by atoms with Crippen LogP contribution in [0.3, 0.4) is 0 Å². The first-order chi connectivity index (χ1) is 9.70. The van der Waals surface area contributed by atoms with Gasteiger partial charge in [-0.25, -0.2) is 0 Å². The van der Waals surface area contributed by atoms with Gasteiger partial charge in [-0.2, -0.15) is 0 Å². The number of hydrogen-bond donors (Lipinski definition) is 1. The van der Waals surface area contributed by atoms with E-state index in [1.807, 2.05) is 0 Å². The van der Waals surface area contributed by atoms with E-state index in [-0.39, 0.29) is 0 Å². The van der Waals surface area contributed by atoms with Crippen molar-refractivity contribution in [1.82, 2.24) is 5.32 Å². The van der Waals surface area contributed by atoms with Gasteiger partial charge in [0, 0.05) is 6.54 Å². The monoisotopic (exact) mass is 271 g/mol. The van der Waals surface area contributed by atoms with Gasteiger partial charge in [0.25, 0.3) is 0 Å². The zero-order valence-corrected chi connectivity index (χ0v) is 13.1. The van der Waals surface area contributed by atoms with Crippen LogP contribution in [0.4, 0.5) is 0 Å². The zero-order chi connectivity index (χ0) is 13.9. The summed E-state index contributed by atoms with van der Waals surface area (Å²) in [5.41, 5.74) is 2.90. The number of hydrogen-bond acceptors (Lipinski definition) is 1. The number of benzene rings is 1. The standard InChI is InChI=1S/C19H29N/c1-14(2)9-15-3-5-16(6-4-15)12-20-13-19-11-17-7-8-18(19)10-17/h3-6,14,17-20H,7-13H2,1-2H3. The van der Waals surface area contributed by atoms with E-state index >= 15 is 0 Å². The molecule has 0 radical (unpaired) electrons. The zero-order valence-electron chi connectivity index (χ0n) is 13.1. The summed E-state index contributed by atoms with van der Waals surface area (Å²) >= 11 is 0. The Bertz CT molecular complexity index is 420. The molecule has 1 heteroatoms. The van der Waals surface area contributed by atoms with Gasteiger partial charge in [0.05, 0.1) is 0 Å². The van der Waals surface area contributed by atoms with Crippen molar-refractivity contribution in [3.63, 3.8) is 0 Å². The van der Waals surface area contributed by atoms with Crippen LogP contribution in [0, 0.1) is 23.7 Å². The van der Waals surface area contributed by atoms with Crippen molar-refractivity contribution in [3.8, 4) is 0 Å². The van der Waals surface area contributed by atoms with Gasteiger partial charge < -0.3 is 5.32 Å². The van der Waals surface area contributed by atoms with Crippen molar-refractivity contribution in [3.05, 3.63) is 35.4 Å². The van der Waals surface area contributed by atoms with Gasteiger partial charge in [-0.15, -0.1) is 0 Å². The molecule has 1 nitrogen and oxygen atoms in total. The van der Waals surface area contributed by atoms with Gasteiger partial charge in [0.15, 0.2) is 0 Å². The minimum Gasteiger partial charge on any atom is -0.312 e. The molecule has 3 atom stereocenters. The Labute approximate surface area is 124 Å². The Kier molecular flexibility index (Phi) is 4.45. The fourth-order valence-electron chi connectivity index (χ4n) is 4.29. The number of fused-ring (bicyclic) bond motifs is 2. The lowest BCUT2D eigenvalue weighted by Gasteiger charge is -2.22. The Morgan fingerprint density at radius 2 is 1.80 bits per heavy atom. The summed E-state index contributed by atoms with van der Waals surface area (Å²) in [6.45, 7) is 6.83. The molecule has 3 rings (SSSR count). The molecule has 2 fully saturated rings. The summed E-state index contributed by atoms with van der Waals surface area (Å²) in [6.07, 6.45) is 7.22. The van der Waals surface area contributed by atoms with Gasteiger partial charge in [-0.1, -0.05) is 44.5 Å². The van der Waals surface area contributed by atoms with Crippen molar-refractivity contribution >= 4 is 0 Å². The largest absolute Gasteiger partial charge is 0.312 e. The SMILES string of the molecule is CC(C)Cc1ccc(CNCC2CC3CCC2C3)cc1. The molecule has 0 amide bonds.